The van der Waals surface area contributed by atoms with Crippen molar-refractivity contribution >= 4 is 11.6 Å². The molecule has 0 aliphatic carbocycles. The molecule has 0 aromatic heterocycles. The first-order chi connectivity index (χ1) is 14.0. The number of nitriles is 1. The second-order valence-electron chi connectivity index (χ2n) is 7.05. The summed E-state index contributed by atoms with van der Waals surface area (Å²) in [6.45, 7) is 3.94. The van der Waals surface area contributed by atoms with Crippen molar-refractivity contribution in [3.05, 3.63) is 65.4 Å². The van der Waals surface area contributed by atoms with Gasteiger partial charge in [-0.25, -0.2) is 0 Å². The number of carbonyl (C=O) groups excluding carboxylic acids is 1. The smallest absolute Gasteiger partial charge is 0.263 e. The number of amides is 1. The lowest BCUT2D eigenvalue weighted by atomic mass is 10.1. The molecule has 0 saturated carbocycles. The first-order valence-electron chi connectivity index (χ1n) is 9.49. The second kappa shape index (κ2) is 8.70. The zero-order chi connectivity index (χ0) is 21.0. The maximum atomic E-state index is 12.8. The van der Waals surface area contributed by atoms with E-state index in [0.717, 1.165) is 17.7 Å². The molecule has 2 atom stereocenters. The number of hydrogen-bond acceptors (Lipinski definition) is 5. The minimum Gasteiger partial charge on any atom is -0.493 e. The molecule has 1 N–H and O–H groups in total. The molecule has 2 unspecified atom stereocenters. The fraction of sp³-hybridized carbons (Fsp3) is 0.304. The number of ether oxygens (including phenoxy) is 2. The van der Waals surface area contributed by atoms with Crippen molar-refractivity contribution < 1.29 is 14.3 Å². The predicted molar refractivity (Wildman–Crippen MR) is 112 cm³/mol. The van der Waals surface area contributed by atoms with Crippen molar-refractivity contribution in [2.24, 2.45) is 0 Å². The Morgan fingerprint density at radius 1 is 1.24 bits per heavy atom. The van der Waals surface area contributed by atoms with Crippen LogP contribution in [-0.2, 0) is 11.2 Å². The molecule has 1 aliphatic heterocycles. The van der Waals surface area contributed by atoms with Gasteiger partial charge >= 0.3 is 0 Å². The SMILES string of the molecule is COc1ccc(C(C)NC(=O)/C(C#N)=C\N2c3ccccc3CC2C)cc1OC. The van der Waals surface area contributed by atoms with Gasteiger partial charge < -0.3 is 19.7 Å². The highest BCUT2D eigenvalue weighted by atomic mass is 16.5. The number of anilines is 1. The first-order valence-corrected chi connectivity index (χ1v) is 9.49. The van der Waals surface area contributed by atoms with E-state index in [1.807, 2.05) is 48.2 Å². The number of benzene rings is 2. The summed E-state index contributed by atoms with van der Waals surface area (Å²) in [4.78, 5) is 14.8. The van der Waals surface area contributed by atoms with Crippen LogP contribution in [0.2, 0.25) is 0 Å². The molecule has 0 saturated heterocycles. The van der Waals surface area contributed by atoms with Gasteiger partial charge in [-0.15, -0.1) is 0 Å². The van der Waals surface area contributed by atoms with Gasteiger partial charge in [0.2, 0.25) is 0 Å². The molecule has 2 aromatic carbocycles. The lowest BCUT2D eigenvalue weighted by molar-refractivity contribution is -0.117. The number of nitrogens with zero attached hydrogens (tertiary/aromatic N) is 2. The molecule has 6 heteroatoms. The van der Waals surface area contributed by atoms with Crippen molar-refractivity contribution in [1.82, 2.24) is 5.32 Å². The van der Waals surface area contributed by atoms with E-state index >= 15 is 0 Å². The third-order valence-electron chi connectivity index (χ3n) is 5.15. The van der Waals surface area contributed by atoms with Crippen LogP contribution in [0, 0.1) is 11.3 Å². The van der Waals surface area contributed by atoms with Crippen LogP contribution >= 0.6 is 0 Å². The summed E-state index contributed by atoms with van der Waals surface area (Å²) in [5.74, 6) is 0.796. The van der Waals surface area contributed by atoms with Gasteiger partial charge in [-0.1, -0.05) is 24.3 Å². The molecule has 0 bridgehead atoms. The lowest BCUT2D eigenvalue weighted by Crippen LogP contribution is -2.30. The molecule has 150 valence electrons. The number of carbonyl (C=O) groups is 1. The van der Waals surface area contributed by atoms with E-state index in [1.165, 1.54) is 5.56 Å². The van der Waals surface area contributed by atoms with E-state index in [-0.39, 0.29) is 17.7 Å². The third-order valence-corrected chi connectivity index (χ3v) is 5.15. The highest BCUT2D eigenvalue weighted by Crippen LogP contribution is 2.33. The minimum absolute atomic E-state index is 0.0703. The Kier molecular flexibility index (Phi) is 6.08. The number of methoxy groups -OCH3 is 2. The molecule has 1 heterocycles. The Morgan fingerprint density at radius 2 is 1.97 bits per heavy atom. The van der Waals surface area contributed by atoms with Gasteiger partial charge in [0.1, 0.15) is 11.6 Å². The van der Waals surface area contributed by atoms with E-state index in [9.17, 15) is 10.1 Å². The largest absolute Gasteiger partial charge is 0.493 e. The van der Waals surface area contributed by atoms with Crippen LogP contribution < -0.4 is 19.7 Å². The Labute approximate surface area is 171 Å². The number of fused-ring (bicyclic) bond motifs is 1. The first kappa shape index (κ1) is 20.3. The molecule has 1 aliphatic rings. The molecular formula is C23H25N3O3. The predicted octanol–water partition coefficient (Wildman–Crippen LogP) is 3.74. The van der Waals surface area contributed by atoms with Crippen LogP contribution in [0.25, 0.3) is 0 Å². The van der Waals surface area contributed by atoms with Gasteiger partial charge in [-0.2, -0.15) is 5.26 Å². The summed E-state index contributed by atoms with van der Waals surface area (Å²) in [5, 5.41) is 12.5. The number of nitrogens with one attached hydrogen (secondary N) is 1. The maximum Gasteiger partial charge on any atom is 0.263 e. The number of hydrogen-bond donors (Lipinski definition) is 1. The average Bonchev–Trinajstić information content (AvgIpc) is 3.05. The molecular weight excluding hydrogens is 366 g/mol. The van der Waals surface area contributed by atoms with E-state index in [4.69, 9.17) is 9.47 Å². The van der Waals surface area contributed by atoms with Gasteiger partial charge in [-0.3, -0.25) is 4.79 Å². The molecule has 0 fully saturated rings. The average molecular weight is 391 g/mol. The van der Waals surface area contributed by atoms with Crippen LogP contribution in [0.5, 0.6) is 11.5 Å². The van der Waals surface area contributed by atoms with Gasteiger partial charge in [0.15, 0.2) is 11.5 Å². The molecule has 0 spiro atoms. The zero-order valence-electron chi connectivity index (χ0n) is 17.1. The van der Waals surface area contributed by atoms with Crippen molar-refractivity contribution in [1.29, 1.82) is 5.26 Å². The highest BCUT2D eigenvalue weighted by Gasteiger charge is 2.26. The summed E-state index contributed by atoms with van der Waals surface area (Å²) in [5.41, 5.74) is 3.18. The van der Waals surface area contributed by atoms with Crippen LogP contribution in [0.1, 0.15) is 31.0 Å². The zero-order valence-corrected chi connectivity index (χ0v) is 17.1. The summed E-state index contributed by atoms with van der Waals surface area (Å²) >= 11 is 0. The topological polar surface area (TPSA) is 74.6 Å². The molecule has 3 rings (SSSR count). The second-order valence-corrected chi connectivity index (χ2v) is 7.05. The molecule has 0 radical (unpaired) electrons. The van der Waals surface area contributed by atoms with Gasteiger partial charge in [0.05, 0.1) is 20.3 Å². The van der Waals surface area contributed by atoms with Crippen molar-refractivity contribution in [2.45, 2.75) is 32.4 Å². The maximum absolute atomic E-state index is 12.8. The summed E-state index contributed by atoms with van der Waals surface area (Å²) in [7, 11) is 3.14. The molecule has 2 aromatic rings. The van der Waals surface area contributed by atoms with Crippen LogP contribution in [0.15, 0.2) is 54.2 Å². The Bertz CT molecular complexity index is 978. The fourth-order valence-electron chi connectivity index (χ4n) is 3.54. The molecule has 1 amide bonds. The summed E-state index contributed by atoms with van der Waals surface area (Å²) < 4.78 is 10.6. The Hall–Kier alpha value is -3.46. The summed E-state index contributed by atoms with van der Waals surface area (Å²) in [6.07, 6.45) is 2.53. The number of rotatable bonds is 6. The minimum atomic E-state index is -0.411. The monoisotopic (exact) mass is 391 g/mol. The van der Waals surface area contributed by atoms with Crippen molar-refractivity contribution in [2.75, 3.05) is 19.1 Å². The van der Waals surface area contributed by atoms with E-state index < -0.39 is 5.91 Å². The van der Waals surface area contributed by atoms with Gasteiger partial charge in [-0.05, 0) is 49.6 Å². The lowest BCUT2D eigenvalue weighted by Gasteiger charge is -2.21. The van der Waals surface area contributed by atoms with Crippen LogP contribution in [0.4, 0.5) is 5.69 Å². The van der Waals surface area contributed by atoms with Gasteiger partial charge in [0.25, 0.3) is 5.91 Å². The molecule has 29 heavy (non-hydrogen) atoms. The molecule has 6 nitrogen and oxygen atoms in total. The van der Waals surface area contributed by atoms with E-state index in [1.54, 1.807) is 26.5 Å². The quantitative estimate of drug-likeness (QED) is 0.600. The Balaban J connectivity index is 1.78. The summed E-state index contributed by atoms with van der Waals surface area (Å²) in [6, 6.07) is 15.4. The Morgan fingerprint density at radius 3 is 2.66 bits per heavy atom. The number of para-hydroxylation sites is 1. The van der Waals surface area contributed by atoms with Crippen molar-refractivity contribution in [3.63, 3.8) is 0 Å². The van der Waals surface area contributed by atoms with Gasteiger partial charge in [0, 0.05) is 17.9 Å². The van der Waals surface area contributed by atoms with Crippen LogP contribution in [0.3, 0.4) is 0 Å². The fourth-order valence-corrected chi connectivity index (χ4v) is 3.54. The standard InChI is InChI=1S/C23H25N3O3/c1-15-11-18-7-5-6-8-20(18)26(15)14-19(13-24)23(27)25-16(2)17-9-10-21(28-3)22(12-17)29-4/h5-10,12,14-16H,11H2,1-4H3,(H,25,27)/b19-14-. The normalized spacial score (nSPS) is 16.6. The van der Waals surface area contributed by atoms with Crippen LogP contribution in [-0.4, -0.2) is 26.2 Å². The van der Waals surface area contributed by atoms with E-state index in [2.05, 4.69) is 18.3 Å². The van der Waals surface area contributed by atoms with E-state index in [0.29, 0.717) is 11.5 Å². The van der Waals surface area contributed by atoms with Crippen molar-refractivity contribution in [3.8, 4) is 17.6 Å². The third kappa shape index (κ3) is 4.19. The highest BCUT2D eigenvalue weighted by molar-refractivity contribution is 5.98.